The Kier molecular flexibility index (Phi) is 6.69. The van der Waals surface area contributed by atoms with Crippen LogP contribution in [0.2, 0.25) is 0 Å². The summed E-state index contributed by atoms with van der Waals surface area (Å²) in [6, 6.07) is 17.2. The number of furan rings is 1. The molecule has 3 heterocycles. The van der Waals surface area contributed by atoms with Gasteiger partial charge in [-0.25, -0.2) is 4.98 Å². The second-order valence-electron chi connectivity index (χ2n) is 8.37. The van der Waals surface area contributed by atoms with Crippen LogP contribution >= 0.6 is 23.1 Å². The number of rotatable bonds is 6. The Labute approximate surface area is 206 Å². The van der Waals surface area contributed by atoms with Crippen molar-refractivity contribution in [1.29, 1.82) is 0 Å². The average molecular weight is 492 g/mol. The molecule has 4 aromatic rings. The van der Waals surface area contributed by atoms with Crippen LogP contribution in [0.4, 0.5) is 5.69 Å². The standard InChI is InChI=1S/C26H25N3O3S2/c1-17-15-33-26(27-17)34-16-21-20-9-5-6-10-22(20)32-23(21)25(31)29-13-11-18(12-14-29)24(30)28-19-7-3-2-4-8-19/h2-10,15,18H,11-14,16H2,1H3,(H,28,30). The molecule has 8 heteroatoms. The van der Waals surface area contributed by atoms with Gasteiger partial charge in [0.2, 0.25) is 5.91 Å². The lowest BCUT2D eigenvalue weighted by molar-refractivity contribution is -0.121. The number of aromatic nitrogens is 1. The van der Waals surface area contributed by atoms with Crippen molar-refractivity contribution < 1.29 is 14.0 Å². The zero-order valence-electron chi connectivity index (χ0n) is 18.8. The molecule has 2 aromatic heterocycles. The maximum atomic E-state index is 13.5. The topological polar surface area (TPSA) is 75.4 Å². The fourth-order valence-electron chi connectivity index (χ4n) is 4.20. The van der Waals surface area contributed by atoms with Crippen LogP contribution in [0.3, 0.4) is 0 Å². The van der Waals surface area contributed by atoms with Crippen molar-refractivity contribution in [3.63, 3.8) is 0 Å². The van der Waals surface area contributed by atoms with Crippen LogP contribution < -0.4 is 5.32 Å². The van der Waals surface area contributed by atoms with Crippen LogP contribution in [0.15, 0.2) is 68.7 Å². The molecule has 0 saturated carbocycles. The summed E-state index contributed by atoms with van der Waals surface area (Å²) in [7, 11) is 0. The van der Waals surface area contributed by atoms with Crippen molar-refractivity contribution >= 4 is 51.6 Å². The maximum Gasteiger partial charge on any atom is 0.289 e. The molecule has 0 radical (unpaired) electrons. The molecule has 0 aliphatic carbocycles. The third-order valence-corrected chi connectivity index (χ3v) is 8.19. The van der Waals surface area contributed by atoms with Gasteiger partial charge in [-0.05, 0) is 38.0 Å². The maximum absolute atomic E-state index is 13.5. The molecule has 2 amide bonds. The number of piperidine rings is 1. The Morgan fingerprint density at radius 2 is 1.85 bits per heavy atom. The van der Waals surface area contributed by atoms with Crippen molar-refractivity contribution in [1.82, 2.24) is 9.88 Å². The Morgan fingerprint density at radius 3 is 2.59 bits per heavy atom. The number of benzene rings is 2. The average Bonchev–Trinajstić information content (AvgIpc) is 3.46. The van der Waals surface area contributed by atoms with Crippen LogP contribution in [0.5, 0.6) is 0 Å². The molecule has 1 saturated heterocycles. The first-order valence-electron chi connectivity index (χ1n) is 11.3. The first-order valence-corrected chi connectivity index (χ1v) is 13.2. The first-order chi connectivity index (χ1) is 16.6. The third-order valence-electron chi connectivity index (χ3n) is 6.02. The number of para-hydroxylation sites is 2. The van der Waals surface area contributed by atoms with Gasteiger partial charge in [-0.1, -0.05) is 48.2 Å². The molecule has 6 nitrogen and oxygen atoms in total. The summed E-state index contributed by atoms with van der Waals surface area (Å²) in [6.07, 6.45) is 1.26. The second-order valence-corrected chi connectivity index (χ2v) is 10.5. The van der Waals surface area contributed by atoms with Crippen LogP contribution in [-0.2, 0) is 10.5 Å². The first kappa shape index (κ1) is 22.7. The van der Waals surface area contributed by atoms with Crippen LogP contribution in [0.1, 0.15) is 34.7 Å². The number of hydrogen-bond donors (Lipinski definition) is 1. The number of likely N-dealkylation sites (tertiary alicyclic amines) is 1. The molecular weight excluding hydrogens is 466 g/mol. The fraction of sp³-hybridized carbons (Fsp3) is 0.269. The number of anilines is 1. The van der Waals surface area contributed by atoms with Gasteiger partial charge in [-0.3, -0.25) is 9.59 Å². The van der Waals surface area contributed by atoms with E-state index in [9.17, 15) is 9.59 Å². The van der Waals surface area contributed by atoms with E-state index >= 15 is 0 Å². The number of amides is 2. The summed E-state index contributed by atoms with van der Waals surface area (Å²) in [5.74, 6) is 0.806. The van der Waals surface area contributed by atoms with Gasteiger partial charge < -0.3 is 14.6 Å². The minimum atomic E-state index is -0.108. The number of thiazole rings is 1. The van der Waals surface area contributed by atoms with Gasteiger partial charge in [0.05, 0.1) is 0 Å². The predicted molar refractivity (Wildman–Crippen MR) is 136 cm³/mol. The number of hydrogen-bond acceptors (Lipinski definition) is 6. The predicted octanol–water partition coefficient (Wildman–Crippen LogP) is 5.98. The number of aryl methyl sites for hydroxylation is 1. The van der Waals surface area contributed by atoms with E-state index in [0.29, 0.717) is 43.0 Å². The number of nitrogens with one attached hydrogen (secondary N) is 1. The summed E-state index contributed by atoms with van der Waals surface area (Å²) in [5, 5.41) is 5.97. The van der Waals surface area contributed by atoms with Gasteiger partial charge in [-0.15, -0.1) is 11.3 Å². The van der Waals surface area contributed by atoms with Gasteiger partial charge in [0.1, 0.15) is 9.92 Å². The number of carbonyl (C=O) groups excluding carboxylic acids is 2. The zero-order chi connectivity index (χ0) is 23.5. The van der Waals surface area contributed by atoms with E-state index in [1.54, 1.807) is 23.1 Å². The normalized spacial score (nSPS) is 14.4. The smallest absolute Gasteiger partial charge is 0.289 e. The summed E-state index contributed by atoms with van der Waals surface area (Å²) in [4.78, 5) is 32.5. The summed E-state index contributed by atoms with van der Waals surface area (Å²) < 4.78 is 7.04. The van der Waals surface area contributed by atoms with Gasteiger partial charge in [0.15, 0.2) is 5.76 Å². The van der Waals surface area contributed by atoms with Crippen molar-refractivity contribution in [2.24, 2.45) is 5.92 Å². The van der Waals surface area contributed by atoms with Gasteiger partial charge in [0.25, 0.3) is 5.91 Å². The zero-order valence-corrected chi connectivity index (χ0v) is 20.5. The molecule has 0 spiro atoms. The SMILES string of the molecule is Cc1csc(SCc2c(C(=O)N3CCC(C(=O)Nc4ccccc4)CC3)oc3ccccc23)n1. The number of carbonyl (C=O) groups is 2. The van der Waals surface area contributed by atoms with E-state index < -0.39 is 0 Å². The molecular formula is C26H25N3O3S2. The Morgan fingerprint density at radius 1 is 1.12 bits per heavy atom. The Hall–Kier alpha value is -3.10. The number of thioether (sulfide) groups is 1. The highest BCUT2D eigenvalue weighted by molar-refractivity contribution is 8.00. The van der Waals surface area contributed by atoms with Gasteiger partial charge >= 0.3 is 0 Å². The summed E-state index contributed by atoms with van der Waals surface area (Å²) >= 11 is 3.23. The lowest BCUT2D eigenvalue weighted by Crippen LogP contribution is -2.41. The highest BCUT2D eigenvalue weighted by atomic mass is 32.2. The van der Waals surface area contributed by atoms with Crippen LogP contribution in [-0.4, -0.2) is 34.8 Å². The highest BCUT2D eigenvalue weighted by Gasteiger charge is 2.31. The molecule has 34 heavy (non-hydrogen) atoms. The number of nitrogens with zero attached hydrogens (tertiary/aromatic N) is 2. The van der Waals surface area contributed by atoms with Gasteiger partial charge in [0, 0.05) is 52.5 Å². The van der Waals surface area contributed by atoms with Crippen LogP contribution in [0, 0.1) is 12.8 Å². The minimum absolute atomic E-state index is 0.0119. The molecule has 1 aliphatic rings. The largest absolute Gasteiger partial charge is 0.451 e. The molecule has 1 fully saturated rings. The van der Waals surface area contributed by atoms with E-state index in [1.807, 2.05) is 71.8 Å². The van der Waals surface area contributed by atoms with E-state index in [1.165, 1.54) is 0 Å². The van der Waals surface area contributed by atoms with Crippen molar-refractivity contribution in [3.05, 3.63) is 77.0 Å². The van der Waals surface area contributed by atoms with E-state index in [0.717, 1.165) is 26.7 Å². The molecule has 2 aromatic carbocycles. The van der Waals surface area contributed by atoms with Crippen LogP contribution in [0.25, 0.3) is 11.0 Å². The Balaban J connectivity index is 1.28. The summed E-state index contributed by atoms with van der Waals surface area (Å²) in [6.45, 7) is 3.04. The van der Waals surface area contributed by atoms with E-state index in [-0.39, 0.29) is 17.7 Å². The van der Waals surface area contributed by atoms with Crippen molar-refractivity contribution in [2.75, 3.05) is 18.4 Å². The molecule has 5 rings (SSSR count). The number of fused-ring (bicyclic) bond motifs is 1. The Bertz CT molecular complexity index is 1310. The van der Waals surface area contributed by atoms with Crippen molar-refractivity contribution in [3.8, 4) is 0 Å². The van der Waals surface area contributed by atoms with E-state index in [2.05, 4.69) is 10.3 Å². The third kappa shape index (κ3) is 4.88. The fourth-order valence-corrected chi connectivity index (χ4v) is 6.08. The minimum Gasteiger partial charge on any atom is -0.451 e. The molecule has 0 unspecified atom stereocenters. The van der Waals surface area contributed by atoms with Crippen molar-refractivity contribution in [2.45, 2.75) is 29.9 Å². The molecule has 0 atom stereocenters. The van der Waals surface area contributed by atoms with Gasteiger partial charge in [-0.2, -0.15) is 0 Å². The lowest BCUT2D eigenvalue weighted by atomic mass is 9.95. The summed E-state index contributed by atoms with van der Waals surface area (Å²) in [5.41, 5.74) is 3.42. The lowest BCUT2D eigenvalue weighted by Gasteiger charge is -2.31. The monoisotopic (exact) mass is 491 g/mol. The second kappa shape index (κ2) is 10.0. The van der Waals surface area contributed by atoms with E-state index in [4.69, 9.17) is 4.42 Å². The molecule has 174 valence electrons. The quantitative estimate of drug-likeness (QED) is 0.336. The molecule has 1 aliphatic heterocycles. The molecule has 1 N–H and O–H groups in total. The highest BCUT2D eigenvalue weighted by Crippen LogP contribution is 2.34. The molecule has 0 bridgehead atoms.